The lowest BCUT2D eigenvalue weighted by Gasteiger charge is -2.17. The Bertz CT molecular complexity index is 490. The fraction of sp³-hybridized carbons (Fsp3) is 0.357. The molecule has 0 bridgehead atoms. The van der Waals surface area contributed by atoms with Crippen molar-refractivity contribution in [3.63, 3.8) is 0 Å². The highest BCUT2D eigenvalue weighted by molar-refractivity contribution is 9.10. The van der Waals surface area contributed by atoms with Gasteiger partial charge in [-0.25, -0.2) is 0 Å². The minimum atomic E-state index is -0.512. The Labute approximate surface area is 116 Å². The van der Waals surface area contributed by atoms with Gasteiger partial charge in [-0.2, -0.15) is 5.10 Å². The zero-order valence-corrected chi connectivity index (χ0v) is 12.1. The second-order valence-corrected chi connectivity index (χ2v) is 5.42. The summed E-state index contributed by atoms with van der Waals surface area (Å²) >= 11 is 3.42. The van der Waals surface area contributed by atoms with Crippen LogP contribution in [-0.2, 0) is 7.05 Å². The molecule has 0 aliphatic carbocycles. The Hall–Kier alpha value is -1.13. The largest absolute Gasteiger partial charge is 0.387 e. The first-order chi connectivity index (χ1) is 8.59. The molecule has 2 atom stereocenters. The molecule has 1 heterocycles. The zero-order valence-electron chi connectivity index (χ0n) is 10.5. The van der Waals surface area contributed by atoms with Crippen molar-refractivity contribution in [3.8, 4) is 0 Å². The third kappa shape index (κ3) is 2.82. The third-order valence-electron chi connectivity index (χ3n) is 3.20. The van der Waals surface area contributed by atoms with Gasteiger partial charge in [0.1, 0.15) is 0 Å². The quantitative estimate of drug-likeness (QED) is 0.940. The van der Waals surface area contributed by atoms with Gasteiger partial charge in [-0.05, 0) is 33.8 Å². The van der Waals surface area contributed by atoms with Crippen LogP contribution in [0, 0.1) is 0 Å². The van der Waals surface area contributed by atoms with Gasteiger partial charge in [0.25, 0.3) is 0 Å². The van der Waals surface area contributed by atoms with Crippen molar-refractivity contribution in [2.75, 3.05) is 0 Å². The number of nitrogens with zero attached hydrogens (tertiary/aromatic N) is 2. The number of hydrogen-bond acceptors (Lipinski definition) is 2. The van der Waals surface area contributed by atoms with Gasteiger partial charge in [0.05, 0.1) is 22.5 Å². The van der Waals surface area contributed by atoms with Gasteiger partial charge < -0.3 is 5.11 Å². The van der Waals surface area contributed by atoms with Crippen LogP contribution in [0.3, 0.4) is 0 Å². The molecule has 0 fully saturated rings. The monoisotopic (exact) mass is 308 g/mol. The van der Waals surface area contributed by atoms with Gasteiger partial charge in [0.15, 0.2) is 0 Å². The summed E-state index contributed by atoms with van der Waals surface area (Å²) in [4.78, 5) is 0. The van der Waals surface area contributed by atoms with Crippen molar-refractivity contribution in [3.05, 3.63) is 52.3 Å². The van der Waals surface area contributed by atoms with Crippen LogP contribution >= 0.6 is 15.9 Å². The molecular formula is C14H17BrN2O. The number of aromatic nitrogens is 2. The van der Waals surface area contributed by atoms with E-state index in [4.69, 9.17) is 0 Å². The van der Waals surface area contributed by atoms with Crippen molar-refractivity contribution in [1.82, 2.24) is 9.78 Å². The summed E-state index contributed by atoms with van der Waals surface area (Å²) in [6, 6.07) is 10.2. The first-order valence-electron chi connectivity index (χ1n) is 6.00. The van der Waals surface area contributed by atoms with Gasteiger partial charge in [-0.3, -0.25) is 4.68 Å². The average molecular weight is 309 g/mol. The molecule has 3 nitrogen and oxygen atoms in total. The van der Waals surface area contributed by atoms with Gasteiger partial charge in [-0.1, -0.05) is 37.3 Å². The molecule has 2 aromatic rings. The topological polar surface area (TPSA) is 38.1 Å². The van der Waals surface area contributed by atoms with E-state index in [-0.39, 0.29) is 0 Å². The van der Waals surface area contributed by atoms with E-state index in [9.17, 15) is 5.11 Å². The molecule has 0 radical (unpaired) electrons. The summed E-state index contributed by atoms with van der Waals surface area (Å²) < 4.78 is 2.57. The molecule has 1 N–H and O–H groups in total. The highest BCUT2D eigenvalue weighted by Gasteiger charge is 2.19. The second kappa shape index (κ2) is 5.67. The van der Waals surface area contributed by atoms with Crippen LogP contribution < -0.4 is 0 Å². The Morgan fingerprint density at radius 2 is 2.00 bits per heavy atom. The lowest BCUT2D eigenvalue weighted by atomic mass is 9.94. The lowest BCUT2D eigenvalue weighted by Crippen LogP contribution is -2.09. The SMILES string of the molecule is CC(CC(O)c1c(Br)cnn1C)c1ccccc1. The first-order valence-corrected chi connectivity index (χ1v) is 6.79. The Morgan fingerprint density at radius 3 is 2.56 bits per heavy atom. The number of aliphatic hydroxyl groups is 1. The number of halogens is 1. The van der Waals surface area contributed by atoms with E-state index in [1.165, 1.54) is 5.56 Å². The first kappa shape index (κ1) is 13.3. The van der Waals surface area contributed by atoms with E-state index < -0.39 is 6.10 Å². The van der Waals surface area contributed by atoms with Crippen LogP contribution in [0.4, 0.5) is 0 Å². The van der Waals surface area contributed by atoms with Crippen LogP contribution in [-0.4, -0.2) is 14.9 Å². The number of hydrogen-bond donors (Lipinski definition) is 1. The maximum absolute atomic E-state index is 10.3. The molecule has 0 saturated heterocycles. The predicted molar refractivity (Wildman–Crippen MR) is 75.3 cm³/mol. The van der Waals surface area contributed by atoms with Gasteiger partial charge in [0.2, 0.25) is 0 Å². The van der Waals surface area contributed by atoms with E-state index in [0.717, 1.165) is 10.2 Å². The number of aliphatic hydroxyl groups excluding tert-OH is 1. The molecule has 18 heavy (non-hydrogen) atoms. The van der Waals surface area contributed by atoms with Crippen molar-refractivity contribution in [1.29, 1.82) is 0 Å². The van der Waals surface area contributed by atoms with E-state index in [1.54, 1.807) is 10.9 Å². The molecular weight excluding hydrogens is 292 g/mol. The molecule has 2 unspecified atom stereocenters. The molecule has 1 aromatic heterocycles. The van der Waals surface area contributed by atoms with Gasteiger partial charge in [-0.15, -0.1) is 0 Å². The highest BCUT2D eigenvalue weighted by Crippen LogP contribution is 2.31. The van der Waals surface area contributed by atoms with Crippen LogP contribution in [0.15, 0.2) is 41.0 Å². The molecule has 1 aromatic carbocycles. The van der Waals surface area contributed by atoms with E-state index in [2.05, 4.69) is 40.1 Å². The smallest absolute Gasteiger partial charge is 0.0973 e. The highest BCUT2D eigenvalue weighted by atomic mass is 79.9. The lowest BCUT2D eigenvalue weighted by molar-refractivity contribution is 0.149. The second-order valence-electron chi connectivity index (χ2n) is 4.56. The maximum Gasteiger partial charge on any atom is 0.0973 e. The van der Waals surface area contributed by atoms with E-state index in [0.29, 0.717) is 12.3 Å². The average Bonchev–Trinajstić information content (AvgIpc) is 2.70. The van der Waals surface area contributed by atoms with Crippen molar-refractivity contribution < 1.29 is 5.11 Å². The molecule has 0 spiro atoms. The summed E-state index contributed by atoms with van der Waals surface area (Å²) in [5.74, 6) is 0.308. The predicted octanol–water partition coefficient (Wildman–Crippen LogP) is 3.41. The summed E-state index contributed by atoms with van der Waals surface area (Å²) in [7, 11) is 1.84. The normalized spacial score (nSPS) is 14.4. The van der Waals surface area contributed by atoms with Crippen LogP contribution in [0.2, 0.25) is 0 Å². The molecule has 96 valence electrons. The zero-order chi connectivity index (χ0) is 13.1. The fourth-order valence-corrected chi connectivity index (χ4v) is 2.77. The maximum atomic E-state index is 10.3. The molecule has 2 rings (SSSR count). The molecule has 0 aliphatic rings. The number of rotatable bonds is 4. The summed E-state index contributed by atoms with van der Waals surface area (Å²) in [5.41, 5.74) is 2.08. The van der Waals surface area contributed by atoms with Gasteiger partial charge in [0, 0.05) is 7.05 Å². The fourth-order valence-electron chi connectivity index (χ4n) is 2.16. The third-order valence-corrected chi connectivity index (χ3v) is 3.81. The summed E-state index contributed by atoms with van der Waals surface area (Å²) in [6.45, 7) is 2.13. The Morgan fingerprint density at radius 1 is 1.33 bits per heavy atom. The van der Waals surface area contributed by atoms with Crippen molar-refractivity contribution in [2.24, 2.45) is 7.05 Å². The van der Waals surface area contributed by atoms with Gasteiger partial charge >= 0.3 is 0 Å². The minimum absolute atomic E-state index is 0.308. The minimum Gasteiger partial charge on any atom is -0.387 e. The number of benzene rings is 1. The van der Waals surface area contributed by atoms with E-state index >= 15 is 0 Å². The van der Waals surface area contributed by atoms with Crippen LogP contribution in [0.1, 0.15) is 36.6 Å². The standard InChI is InChI=1S/C14H17BrN2O/c1-10(11-6-4-3-5-7-11)8-13(18)14-12(15)9-16-17(14)2/h3-7,9-10,13,18H,8H2,1-2H3. The summed E-state index contributed by atoms with van der Waals surface area (Å²) in [6.07, 6.45) is 1.88. The van der Waals surface area contributed by atoms with Crippen LogP contribution in [0.5, 0.6) is 0 Å². The van der Waals surface area contributed by atoms with Crippen molar-refractivity contribution >= 4 is 15.9 Å². The molecule has 0 amide bonds. The van der Waals surface area contributed by atoms with Crippen LogP contribution in [0.25, 0.3) is 0 Å². The summed E-state index contributed by atoms with van der Waals surface area (Å²) in [5, 5.41) is 14.4. The van der Waals surface area contributed by atoms with E-state index in [1.807, 2.05) is 25.2 Å². The Balaban J connectivity index is 2.11. The molecule has 4 heteroatoms. The molecule has 0 aliphatic heterocycles. The van der Waals surface area contributed by atoms with Crippen molar-refractivity contribution in [2.45, 2.75) is 25.4 Å². The number of aryl methyl sites for hydroxylation is 1. The Kier molecular flexibility index (Phi) is 4.19. The molecule has 0 saturated carbocycles.